The third-order valence-electron chi connectivity index (χ3n) is 3.70. The van der Waals surface area contributed by atoms with Gasteiger partial charge in [-0.05, 0) is 32.9 Å². The number of likely N-dealkylation sites (tertiary alicyclic amines) is 1. The van der Waals surface area contributed by atoms with Crippen LogP contribution in [0.1, 0.15) is 32.6 Å². The maximum atomic E-state index is 11.9. The average molecular weight is 271 g/mol. The van der Waals surface area contributed by atoms with Crippen LogP contribution in [0.15, 0.2) is 0 Å². The van der Waals surface area contributed by atoms with E-state index in [1.54, 1.807) is 4.90 Å². The molecular weight excluding hydrogens is 246 g/mol. The molecule has 3 N–H and O–H groups in total. The number of urea groups is 1. The standard InChI is InChI=1S/C13H25N3O3/c1-3-5-13(11(17)18)6-9-16(10-13)12(19)15-8-4-7-14-2/h14H,3-10H2,1-2H3,(H,15,19)(H,17,18). The Balaban J connectivity index is 2.45. The molecule has 0 bridgehead atoms. The molecule has 0 spiro atoms. The Morgan fingerprint density at radius 3 is 2.68 bits per heavy atom. The summed E-state index contributed by atoms with van der Waals surface area (Å²) in [5, 5.41) is 15.2. The van der Waals surface area contributed by atoms with E-state index in [0.717, 1.165) is 19.4 Å². The first-order valence-electron chi connectivity index (χ1n) is 6.96. The number of carbonyl (C=O) groups is 2. The molecule has 6 nitrogen and oxygen atoms in total. The molecule has 1 saturated heterocycles. The van der Waals surface area contributed by atoms with E-state index >= 15 is 0 Å². The molecule has 0 saturated carbocycles. The van der Waals surface area contributed by atoms with Crippen molar-refractivity contribution in [3.8, 4) is 0 Å². The van der Waals surface area contributed by atoms with Gasteiger partial charge in [0.1, 0.15) is 0 Å². The molecule has 1 unspecified atom stereocenters. The smallest absolute Gasteiger partial charge is 0.317 e. The van der Waals surface area contributed by atoms with Crippen LogP contribution in [0.25, 0.3) is 0 Å². The number of hydrogen-bond donors (Lipinski definition) is 3. The summed E-state index contributed by atoms with van der Waals surface area (Å²) in [4.78, 5) is 25.0. The molecule has 1 fully saturated rings. The fraction of sp³-hybridized carbons (Fsp3) is 0.846. The summed E-state index contributed by atoms with van der Waals surface area (Å²) >= 11 is 0. The maximum Gasteiger partial charge on any atom is 0.317 e. The van der Waals surface area contributed by atoms with Gasteiger partial charge in [-0.2, -0.15) is 0 Å². The SMILES string of the molecule is CCCC1(C(=O)O)CCN(C(=O)NCCCNC)C1. The van der Waals surface area contributed by atoms with Crippen LogP contribution in [0, 0.1) is 5.41 Å². The molecule has 0 radical (unpaired) electrons. The Morgan fingerprint density at radius 1 is 1.37 bits per heavy atom. The van der Waals surface area contributed by atoms with Crippen molar-refractivity contribution in [1.82, 2.24) is 15.5 Å². The molecule has 0 aromatic heterocycles. The van der Waals surface area contributed by atoms with Crippen LogP contribution in [0.2, 0.25) is 0 Å². The van der Waals surface area contributed by atoms with Crippen molar-refractivity contribution in [2.24, 2.45) is 5.41 Å². The van der Waals surface area contributed by atoms with Gasteiger partial charge < -0.3 is 20.6 Å². The van der Waals surface area contributed by atoms with Gasteiger partial charge in [0.15, 0.2) is 0 Å². The highest BCUT2D eigenvalue weighted by atomic mass is 16.4. The fourth-order valence-electron chi connectivity index (χ4n) is 2.58. The van der Waals surface area contributed by atoms with Crippen LogP contribution in [0.4, 0.5) is 4.79 Å². The number of aliphatic carboxylic acids is 1. The zero-order valence-corrected chi connectivity index (χ0v) is 11.9. The zero-order chi connectivity index (χ0) is 14.3. The molecule has 110 valence electrons. The van der Waals surface area contributed by atoms with Gasteiger partial charge in [0, 0.05) is 19.6 Å². The Morgan fingerprint density at radius 2 is 2.11 bits per heavy atom. The highest BCUT2D eigenvalue weighted by Gasteiger charge is 2.45. The first-order valence-corrected chi connectivity index (χ1v) is 6.96. The summed E-state index contributed by atoms with van der Waals surface area (Å²) in [6.07, 6.45) is 2.88. The summed E-state index contributed by atoms with van der Waals surface area (Å²) in [7, 11) is 1.87. The average Bonchev–Trinajstić information content (AvgIpc) is 2.81. The molecule has 2 amide bonds. The Labute approximate surface area is 114 Å². The molecule has 1 aliphatic rings. The van der Waals surface area contributed by atoms with Gasteiger partial charge in [-0.1, -0.05) is 13.3 Å². The van der Waals surface area contributed by atoms with E-state index in [4.69, 9.17) is 0 Å². The maximum absolute atomic E-state index is 11.9. The molecule has 0 aromatic carbocycles. The molecule has 1 atom stereocenters. The minimum Gasteiger partial charge on any atom is -0.481 e. The van der Waals surface area contributed by atoms with Crippen molar-refractivity contribution >= 4 is 12.0 Å². The summed E-state index contributed by atoms with van der Waals surface area (Å²) in [6.45, 7) is 4.31. The Kier molecular flexibility index (Phi) is 6.08. The van der Waals surface area contributed by atoms with Crippen molar-refractivity contribution in [2.75, 3.05) is 33.2 Å². The summed E-state index contributed by atoms with van der Waals surface area (Å²) in [6, 6.07) is -0.143. The zero-order valence-electron chi connectivity index (χ0n) is 11.9. The Bertz CT molecular complexity index is 322. The molecule has 19 heavy (non-hydrogen) atoms. The van der Waals surface area contributed by atoms with Crippen LogP contribution in [-0.4, -0.2) is 55.2 Å². The van der Waals surface area contributed by atoms with E-state index in [9.17, 15) is 14.7 Å². The number of hydrogen-bond acceptors (Lipinski definition) is 3. The molecule has 0 aromatic rings. The highest BCUT2D eigenvalue weighted by Crippen LogP contribution is 2.35. The minimum absolute atomic E-state index is 0.143. The van der Waals surface area contributed by atoms with Gasteiger partial charge >= 0.3 is 12.0 Å². The normalized spacial score (nSPS) is 22.5. The number of carboxylic acids is 1. The van der Waals surface area contributed by atoms with Crippen molar-refractivity contribution in [2.45, 2.75) is 32.6 Å². The molecule has 6 heteroatoms. The van der Waals surface area contributed by atoms with E-state index in [1.807, 2.05) is 14.0 Å². The van der Waals surface area contributed by atoms with E-state index in [-0.39, 0.29) is 6.03 Å². The number of carbonyl (C=O) groups excluding carboxylic acids is 1. The van der Waals surface area contributed by atoms with Crippen LogP contribution in [0.5, 0.6) is 0 Å². The third-order valence-corrected chi connectivity index (χ3v) is 3.70. The third kappa shape index (κ3) is 4.09. The monoisotopic (exact) mass is 271 g/mol. The van der Waals surface area contributed by atoms with Crippen LogP contribution in [-0.2, 0) is 4.79 Å². The van der Waals surface area contributed by atoms with Gasteiger partial charge in [-0.3, -0.25) is 4.79 Å². The number of amides is 2. The summed E-state index contributed by atoms with van der Waals surface area (Å²) < 4.78 is 0. The lowest BCUT2D eigenvalue weighted by Crippen LogP contribution is -2.42. The fourth-order valence-corrected chi connectivity index (χ4v) is 2.58. The number of nitrogens with zero attached hydrogens (tertiary/aromatic N) is 1. The number of nitrogens with one attached hydrogen (secondary N) is 2. The molecule has 1 rings (SSSR count). The van der Waals surface area contributed by atoms with Crippen LogP contribution >= 0.6 is 0 Å². The van der Waals surface area contributed by atoms with Gasteiger partial charge in [-0.25, -0.2) is 4.79 Å². The second-order valence-corrected chi connectivity index (χ2v) is 5.20. The number of carboxylic acid groups (broad SMARTS) is 1. The van der Waals surface area contributed by atoms with E-state index in [2.05, 4.69) is 10.6 Å². The minimum atomic E-state index is -0.778. The van der Waals surface area contributed by atoms with E-state index in [1.165, 1.54) is 0 Å². The lowest BCUT2D eigenvalue weighted by Gasteiger charge is -2.24. The first-order chi connectivity index (χ1) is 9.05. The second kappa shape index (κ2) is 7.33. The lowest BCUT2D eigenvalue weighted by molar-refractivity contribution is -0.148. The van der Waals surface area contributed by atoms with Crippen molar-refractivity contribution in [3.63, 3.8) is 0 Å². The molecule has 0 aliphatic carbocycles. The van der Waals surface area contributed by atoms with Gasteiger partial charge in [0.05, 0.1) is 5.41 Å². The Hall–Kier alpha value is -1.30. The number of rotatable bonds is 7. The first kappa shape index (κ1) is 15.8. The van der Waals surface area contributed by atoms with E-state index in [0.29, 0.717) is 32.5 Å². The molecule has 1 heterocycles. The quantitative estimate of drug-likeness (QED) is 0.600. The largest absolute Gasteiger partial charge is 0.481 e. The predicted molar refractivity (Wildman–Crippen MR) is 73.1 cm³/mol. The van der Waals surface area contributed by atoms with Gasteiger partial charge in [0.2, 0.25) is 0 Å². The van der Waals surface area contributed by atoms with Crippen molar-refractivity contribution < 1.29 is 14.7 Å². The topological polar surface area (TPSA) is 81.7 Å². The summed E-state index contributed by atoms with van der Waals surface area (Å²) in [5.41, 5.74) is -0.739. The van der Waals surface area contributed by atoms with Crippen molar-refractivity contribution in [3.05, 3.63) is 0 Å². The second-order valence-electron chi connectivity index (χ2n) is 5.20. The van der Waals surface area contributed by atoms with Crippen molar-refractivity contribution in [1.29, 1.82) is 0 Å². The molecular formula is C13H25N3O3. The predicted octanol–water partition coefficient (Wildman–Crippen LogP) is 0.882. The lowest BCUT2D eigenvalue weighted by atomic mass is 9.83. The van der Waals surface area contributed by atoms with Gasteiger partial charge in [0.25, 0.3) is 0 Å². The molecule has 1 aliphatic heterocycles. The van der Waals surface area contributed by atoms with Gasteiger partial charge in [-0.15, -0.1) is 0 Å². The highest BCUT2D eigenvalue weighted by molar-refractivity contribution is 5.79. The summed E-state index contributed by atoms with van der Waals surface area (Å²) in [5.74, 6) is -0.778. The van der Waals surface area contributed by atoms with E-state index < -0.39 is 11.4 Å². The van der Waals surface area contributed by atoms with Crippen LogP contribution < -0.4 is 10.6 Å². The van der Waals surface area contributed by atoms with Crippen LogP contribution in [0.3, 0.4) is 0 Å².